The van der Waals surface area contributed by atoms with Gasteiger partial charge in [-0.3, -0.25) is 0 Å². The number of fused-ring (bicyclic) bond motifs is 1. The Morgan fingerprint density at radius 1 is 0.660 bits per heavy atom. The SMILES string of the molecule is CCCCCCCCCCCCCNCCCC(C)C1CCCC1(C)C(CC1CC(OCCCN)CC2CC(OCCCN)CCC21C)OCCCN. The number of rotatable bonds is 32. The lowest BCUT2D eigenvalue weighted by Crippen LogP contribution is -2.51. The molecule has 7 N–H and O–H groups in total. The molecule has 9 atom stereocenters. The first kappa shape index (κ1) is 47.1. The predicted octanol–water partition coefficient (Wildman–Crippen LogP) is 9.92. The number of ether oxygens (including phenoxy) is 3. The van der Waals surface area contributed by atoms with Crippen LogP contribution in [0.15, 0.2) is 0 Å². The van der Waals surface area contributed by atoms with Crippen molar-refractivity contribution < 1.29 is 14.2 Å². The van der Waals surface area contributed by atoms with Crippen molar-refractivity contribution in [2.24, 2.45) is 51.7 Å². The molecule has 314 valence electrons. The molecule has 0 amide bonds. The average Bonchev–Trinajstić information content (AvgIpc) is 3.55. The normalized spacial score (nSPS) is 30.1. The summed E-state index contributed by atoms with van der Waals surface area (Å²) in [5, 5.41) is 3.79. The van der Waals surface area contributed by atoms with E-state index in [0.717, 1.165) is 83.6 Å². The molecule has 0 saturated heterocycles. The molecule has 0 aliphatic heterocycles. The Morgan fingerprint density at radius 2 is 1.25 bits per heavy atom. The van der Waals surface area contributed by atoms with Crippen LogP contribution in [0, 0.1) is 34.5 Å². The van der Waals surface area contributed by atoms with Crippen molar-refractivity contribution in [1.29, 1.82) is 0 Å². The molecule has 3 fully saturated rings. The van der Waals surface area contributed by atoms with Crippen LogP contribution < -0.4 is 22.5 Å². The third kappa shape index (κ3) is 16.2. The second-order valence-electron chi connectivity index (χ2n) is 18.6. The molecule has 3 rings (SSSR count). The minimum Gasteiger partial charge on any atom is -0.378 e. The molecule has 0 heterocycles. The lowest BCUT2D eigenvalue weighted by Gasteiger charge is -2.55. The molecule has 3 aliphatic rings. The number of hydrogen-bond acceptors (Lipinski definition) is 7. The topological polar surface area (TPSA) is 118 Å². The monoisotopic (exact) mass is 749 g/mol. The molecule has 7 nitrogen and oxygen atoms in total. The van der Waals surface area contributed by atoms with Crippen molar-refractivity contribution in [3.05, 3.63) is 0 Å². The molecule has 0 aromatic carbocycles. The Bertz CT molecular complexity index is 893. The first-order valence-electron chi connectivity index (χ1n) is 23.5. The van der Waals surface area contributed by atoms with Gasteiger partial charge in [0, 0.05) is 19.8 Å². The van der Waals surface area contributed by atoms with Crippen LogP contribution in [0.4, 0.5) is 0 Å². The minimum atomic E-state index is 0.207. The van der Waals surface area contributed by atoms with E-state index in [0.29, 0.717) is 55.0 Å². The van der Waals surface area contributed by atoms with Gasteiger partial charge in [-0.25, -0.2) is 0 Å². The standard InChI is InChI=1S/C46H92N4O3/c1-5-6-7-8-9-10-11-12-13-14-15-29-50-30-17-21-38(2)43-22-16-24-46(43,4)44(53-33-20-28-49)37-40-36-42(52-32-19-27-48)35-39-34-41(51-31-18-26-47)23-25-45(39,40)3/h38-44,50H,5-37,47-49H2,1-4H3. The zero-order valence-corrected chi connectivity index (χ0v) is 35.8. The average molecular weight is 749 g/mol. The summed E-state index contributed by atoms with van der Waals surface area (Å²) in [7, 11) is 0. The summed E-state index contributed by atoms with van der Waals surface area (Å²) < 4.78 is 20.0. The maximum absolute atomic E-state index is 7.04. The second kappa shape index (κ2) is 27.4. The molecule has 0 spiro atoms. The highest BCUT2D eigenvalue weighted by Crippen LogP contribution is 2.59. The fraction of sp³-hybridized carbons (Fsp3) is 1.00. The quantitative estimate of drug-likeness (QED) is 0.0506. The highest BCUT2D eigenvalue weighted by molar-refractivity contribution is 5.03. The highest BCUT2D eigenvalue weighted by atomic mass is 16.5. The van der Waals surface area contributed by atoms with Crippen molar-refractivity contribution in [2.75, 3.05) is 52.5 Å². The van der Waals surface area contributed by atoms with Crippen LogP contribution in [0.3, 0.4) is 0 Å². The van der Waals surface area contributed by atoms with E-state index in [4.69, 9.17) is 31.4 Å². The molecule has 0 aromatic heterocycles. The van der Waals surface area contributed by atoms with E-state index in [1.165, 1.54) is 116 Å². The van der Waals surface area contributed by atoms with Crippen molar-refractivity contribution in [3.8, 4) is 0 Å². The molecule has 9 unspecified atom stereocenters. The second-order valence-corrected chi connectivity index (χ2v) is 18.6. The van der Waals surface area contributed by atoms with Crippen molar-refractivity contribution in [1.82, 2.24) is 5.32 Å². The van der Waals surface area contributed by atoms with Crippen LogP contribution >= 0.6 is 0 Å². The van der Waals surface area contributed by atoms with Crippen LogP contribution in [-0.2, 0) is 14.2 Å². The molecule has 7 heteroatoms. The Hall–Kier alpha value is -0.280. The Kier molecular flexibility index (Phi) is 24.3. The molecule has 0 bridgehead atoms. The fourth-order valence-electron chi connectivity index (χ4n) is 11.0. The Labute approximate surface area is 329 Å². The van der Waals surface area contributed by atoms with E-state index in [9.17, 15) is 0 Å². The van der Waals surface area contributed by atoms with Crippen LogP contribution in [0.1, 0.15) is 188 Å². The summed E-state index contributed by atoms with van der Waals surface area (Å²) >= 11 is 0. The van der Waals surface area contributed by atoms with Gasteiger partial charge in [0.1, 0.15) is 0 Å². The van der Waals surface area contributed by atoms with Gasteiger partial charge in [0.05, 0.1) is 18.3 Å². The van der Waals surface area contributed by atoms with Gasteiger partial charge in [-0.1, -0.05) is 98.3 Å². The van der Waals surface area contributed by atoms with E-state index < -0.39 is 0 Å². The van der Waals surface area contributed by atoms with Gasteiger partial charge in [0.15, 0.2) is 0 Å². The summed E-state index contributed by atoms with van der Waals surface area (Å²) in [6, 6.07) is 0. The number of hydrogen-bond donors (Lipinski definition) is 4. The van der Waals surface area contributed by atoms with Gasteiger partial charge in [0.25, 0.3) is 0 Å². The third-order valence-corrected chi connectivity index (χ3v) is 14.6. The van der Waals surface area contributed by atoms with Gasteiger partial charge in [-0.2, -0.15) is 0 Å². The summed E-state index contributed by atoms with van der Waals surface area (Å²) in [5.41, 5.74) is 18.2. The van der Waals surface area contributed by atoms with E-state index in [1.807, 2.05) is 0 Å². The lowest BCUT2D eigenvalue weighted by molar-refractivity contribution is -0.141. The first-order chi connectivity index (χ1) is 25.8. The largest absolute Gasteiger partial charge is 0.378 e. The van der Waals surface area contributed by atoms with E-state index in [1.54, 1.807) is 0 Å². The van der Waals surface area contributed by atoms with E-state index in [-0.39, 0.29) is 11.5 Å². The highest BCUT2D eigenvalue weighted by Gasteiger charge is 2.54. The van der Waals surface area contributed by atoms with Crippen molar-refractivity contribution in [2.45, 2.75) is 207 Å². The molecular weight excluding hydrogens is 657 g/mol. The van der Waals surface area contributed by atoms with Crippen molar-refractivity contribution >= 4 is 0 Å². The summed E-state index contributed by atoms with van der Waals surface area (Å²) in [4.78, 5) is 0. The molecule has 0 radical (unpaired) electrons. The van der Waals surface area contributed by atoms with Gasteiger partial charge in [0.2, 0.25) is 0 Å². The smallest absolute Gasteiger partial charge is 0.0634 e. The zero-order valence-electron chi connectivity index (χ0n) is 35.8. The number of nitrogens with one attached hydrogen (secondary N) is 1. The molecule has 3 saturated carbocycles. The third-order valence-electron chi connectivity index (χ3n) is 14.6. The molecule has 53 heavy (non-hydrogen) atoms. The van der Waals surface area contributed by atoms with Crippen LogP contribution in [0.25, 0.3) is 0 Å². The summed E-state index contributed by atoms with van der Waals surface area (Å²) in [6.45, 7) is 16.9. The molecule has 0 aromatic rings. The Balaban J connectivity index is 1.53. The molecular formula is C46H92N4O3. The minimum absolute atomic E-state index is 0.207. The van der Waals surface area contributed by atoms with Crippen LogP contribution in [0.2, 0.25) is 0 Å². The fourth-order valence-corrected chi connectivity index (χ4v) is 11.0. The summed E-state index contributed by atoms with van der Waals surface area (Å²) in [6.07, 6.45) is 32.8. The maximum Gasteiger partial charge on any atom is 0.0634 e. The first-order valence-corrected chi connectivity index (χ1v) is 23.5. The lowest BCUT2D eigenvalue weighted by atomic mass is 9.52. The zero-order chi connectivity index (χ0) is 38.2. The van der Waals surface area contributed by atoms with Gasteiger partial charge >= 0.3 is 0 Å². The van der Waals surface area contributed by atoms with Gasteiger partial charge in [-0.15, -0.1) is 0 Å². The van der Waals surface area contributed by atoms with E-state index in [2.05, 4.69) is 33.0 Å². The van der Waals surface area contributed by atoms with Crippen molar-refractivity contribution in [3.63, 3.8) is 0 Å². The van der Waals surface area contributed by atoms with Gasteiger partial charge < -0.3 is 36.7 Å². The van der Waals surface area contributed by atoms with Crippen LogP contribution in [0.5, 0.6) is 0 Å². The number of nitrogens with two attached hydrogens (primary N) is 3. The molecule has 3 aliphatic carbocycles. The predicted molar refractivity (Wildman–Crippen MR) is 226 cm³/mol. The Morgan fingerprint density at radius 3 is 1.91 bits per heavy atom. The van der Waals surface area contributed by atoms with E-state index >= 15 is 0 Å². The number of unbranched alkanes of at least 4 members (excludes halogenated alkanes) is 10. The summed E-state index contributed by atoms with van der Waals surface area (Å²) in [5.74, 6) is 2.64. The van der Waals surface area contributed by atoms with Crippen LogP contribution in [-0.4, -0.2) is 70.9 Å². The maximum atomic E-state index is 7.04. The van der Waals surface area contributed by atoms with Gasteiger partial charge in [-0.05, 0) is 157 Å².